The van der Waals surface area contributed by atoms with E-state index >= 15 is 0 Å². The second-order valence-corrected chi connectivity index (χ2v) is 5.31. The predicted octanol–water partition coefficient (Wildman–Crippen LogP) is 4.90. The van der Waals surface area contributed by atoms with Gasteiger partial charge < -0.3 is 5.32 Å². The Morgan fingerprint density at radius 1 is 0.688 bits per heavy atom. The van der Waals surface area contributed by atoms with Crippen molar-refractivity contribution in [3.05, 3.63) is 0 Å². The van der Waals surface area contributed by atoms with Crippen molar-refractivity contribution < 1.29 is 0 Å². The Hall–Kier alpha value is -0.0400. The number of nitrogens with one attached hydrogen (secondary N) is 1. The first kappa shape index (κ1) is 16.0. The van der Waals surface area contributed by atoms with Crippen molar-refractivity contribution in [3.8, 4) is 0 Å². The van der Waals surface area contributed by atoms with Crippen molar-refractivity contribution >= 4 is 0 Å². The lowest BCUT2D eigenvalue weighted by Gasteiger charge is -2.19. The lowest BCUT2D eigenvalue weighted by molar-refractivity contribution is 0.407. The van der Waals surface area contributed by atoms with E-state index in [0.717, 1.165) is 0 Å². The normalized spacial score (nSPS) is 15.0. The first-order chi connectivity index (χ1) is 7.70. The Bertz CT molecular complexity index is 133. The summed E-state index contributed by atoms with van der Waals surface area (Å²) in [5, 5.41) is 3.71. The van der Waals surface area contributed by atoms with Crippen LogP contribution in [-0.2, 0) is 0 Å². The van der Waals surface area contributed by atoms with Gasteiger partial charge in [-0.25, -0.2) is 0 Å². The molecule has 0 saturated heterocycles. The summed E-state index contributed by atoms with van der Waals surface area (Å²) in [6.07, 6.45) is 12.4. The SMILES string of the molecule is CCCCCCCC(C)NC(C)CCCC. The molecule has 1 heteroatoms. The van der Waals surface area contributed by atoms with Gasteiger partial charge in [0.2, 0.25) is 0 Å². The zero-order valence-corrected chi connectivity index (χ0v) is 12.0. The molecular formula is C15H33N. The molecule has 1 N–H and O–H groups in total. The van der Waals surface area contributed by atoms with Gasteiger partial charge in [0.05, 0.1) is 0 Å². The fourth-order valence-corrected chi connectivity index (χ4v) is 2.22. The molecule has 98 valence electrons. The van der Waals surface area contributed by atoms with Crippen LogP contribution >= 0.6 is 0 Å². The topological polar surface area (TPSA) is 12.0 Å². The molecule has 16 heavy (non-hydrogen) atoms. The van der Waals surface area contributed by atoms with E-state index in [1.165, 1.54) is 57.8 Å². The maximum atomic E-state index is 3.71. The van der Waals surface area contributed by atoms with Crippen LogP contribution in [0, 0.1) is 0 Å². The van der Waals surface area contributed by atoms with Crippen LogP contribution in [0.25, 0.3) is 0 Å². The molecule has 0 radical (unpaired) electrons. The Kier molecular flexibility index (Phi) is 11.4. The van der Waals surface area contributed by atoms with Crippen molar-refractivity contribution in [1.82, 2.24) is 5.32 Å². The highest BCUT2D eigenvalue weighted by Crippen LogP contribution is 2.08. The Balaban J connectivity index is 3.32. The third-order valence-electron chi connectivity index (χ3n) is 3.30. The van der Waals surface area contributed by atoms with Crippen molar-refractivity contribution in [2.75, 3.05) is 0 Å². The molecule has 1 nitrogen and oxygen atoms in total. The smallest absolute Gasteiger partial charge is 0.00412 e. The zero-order valence-electron chi connectivity index (χ0n) is 12.0. The Morgan fingerprint density at radius 2 is 1.19 bits per heavy atom. The number of hydrogen-bond donors (Lipinski definition) is 1. The lowest BCUT2D eigenvalue weighted by atomic mass is 10.1. The van der Waals surface area contributed by atoms with Crippen LogP contribution < -0.4 is 5.32 Å². The van der Waals surface area contributed by atoms with Crippen LogP contribution in [-0.4, -0.2) is 12.1 Å². The minimum Gasteiger partial charge on any atom is -0.312 e. The van der Waals surface area contributed by atoms with Gasteiger partial charge in [0.15, 0.2) is 0 Å². The van der Waals surface area contributed by atoms with Crippen LogP contribution in [0.1, 0.15) is 85.5 Å². The van der Waals surface area contributed by atoms with E-state index in [0.29, 0.717) is 12.1 Å². The molecular weight excluding hydrogens is 194 g/mol. The minimum absolute atomic E-state index is 0.700. The van der Waals surface area contributed by atoms with Crippen LogP contribution in [0.4, 0.5) is 0 Å². The molecule has 0 aliphatic rings. The molecule has 0 aliphatic heterocycles. The van der Waals surface area contributed by atoms with Crippen LogP contribution in [0.2, 0.25) is 0 Å². The van der Waals surface area contributed by atoms with E-state index in [1.807, 2.05) is 0 Å². The van der Waals surface area contributed by atoms with E-state index in [4.69, 9.17) is 0 Å². The van der Waals surface area contributed by atoms with E-state index in [-0.39, 0.29) is 0 Å². The highest BCUT2D eigenvalue weighted by atomic mass is 14.9. The van der Waals surface area contributed by atoms with E-state index in [1.54, 1.807) is 0 Å². The average Bonchev–Trinajstić information content (AvgIpc) is 2.26. The van der Waals surface area contributed by atoms with Crippen molar-refractivity contribution in [2.24, 2.45) is 0 Å². The summed E-state index contributed by atoms with van der Waals surface area (Å²) >= 11 is 0. The van der Waals surface area contributed by atoms with Crippen LogP contribution in [0.3, 0.4) is 0 Å². The average molecular weight is 227 g/mol. The summed E-state index contributed by atoms with van der Waals surface area (Å²) in [7, 11) is 0. The highest BCUT2D eigenvalue weighted by Gasteiger charge is 2.06. The van der Waals surface area contributed by atoms with Crippen molar-refractivity contribution in [3.63, 3.8) is 0 Å². The number of rotatable bonds is 11. The summed E-state index contributed by atoms with van der Waals surface area (Å²) in [5.74, 6) is 0. The monoisotopic (exact) mass is 227 g/mol. The number of unbranched alkanes of at least 4 members (excludes halogenated alkanes) is 5. The Morgan fingerprint density at radius 3 is 1.75 bits per heavy atom. The van der Waals surface area contributed by atoms with Gasteiger partial charge in [-0.2, -0.15) is 0 Å². The van der Waals surface area contributed by atoms with Crippen LogP contribution in [0.5, 0.6) is 0 Å². The largest absolute Gasteiger partial charge is 0.312 e. The molecule has 2 unspecified atom stereocenters. The summed E-state index contributed by atoms with van der Waals surface area (Å²) < 4.78 is 0. The summed E-state index contributed by atoms with van der Waals surface area (Å²) in [4.78, 5) is 0. The summed E-state index contributed by atoms with van der Waals surface area (Å²) in [6, 6.07) is 1.40. The van der Waals surface area contributed by atoms with Gasteiger partial charge in [-0.1, -0.05) is 58.8 Å². The third-order valence-corrected chi connectivity index (χ3v) is 3.30. The molecule has 0 saturated carbocycles. The maximum absolute atomic E-state index is 3.71. The van der Waals surface area contributed by atoms with Gasteiger partial charge in [-0.05, 0) is 26.7 Å². The first-order valence-corrected chi connectivity index (χ1v) is 7.46. The fraction of sp³-hybridized carbons (Fsp3) is 1.00. The molecule has 0 aromatic rings. The van der Waals surface area contributed by atoms with Crippen LogP contribution in [0.15, 0.2) is 0 Å². The Labute approximate surface area is 103 Å². The van der Waals surface area contributed by atoms with Gasteiger partial charge in [0.25, 0.3) is 0 Å². The van der Waals surface area contributed by atoms with E-state index in [9.17, 15) is 0 Å². The van der Waals surface area contributed by atoms with Gasteiger partial charge in [0.1, 0.15) is 0 Å². The molecule has 0 aromatic carbocycles. The van der Waals surface area contributed by atoms with Gasteiger partial charge in [-0.15, -0.1) is 0 Å². The quantitative estimate of drug-likeness (QED) is 0.495. The van der Waals surface area contributed by atoms with Gasteiger partial charge in [0, 0.05) is 12.1 Å². The molecule has 0 fully saturated rings. The van der Waals surface area contributed by atoms with Crippen molar-refractivity contribution in [2.45, 2.75) is 97.6 Å². The first-order valence-electron chi connectivity index (χ1n) is 7.46. The standard InChI is InChI=1S/C15H33N/c1-5-7-9-10-11-13-15(4)16-14(3)12-8-6-2/h14-16H,5-13H2,1-4H3. The molecule has 0 amide bonds. The number of hydrogen-bond acceptors (Lipinski definition) is 1. The minimum atomic E-state index is 0.700. The molecule has 0 aliphatic carbocycles. The van der Waals surface area contributed by atoms with Gasteiger partial charge >= 0.3 is 0 Å². The predicted molar refractivity (Wildman–Crippen MR) is 75.0 cm³/mol. The lowest BCUT2D eigenvalue weighted by Crippen LogP contribution is -2.34. The zero-order chi connectivity index (χ0) is 12.2. The fourth-order valence-electron chi connectivity index (χ4n) is 2.22. The molecule has 0 aromatic heterocycles. The summed E-state index contributed by atoms with van der Waals surface area (Å²) in [6.45, 7) is 9.20. The second kappa shape index (κ2) is 11.4. The second-order valence-electron chi connectivity index (χ2n) is 5.31. The van der Waals surface area contributed by atoms with E-state index in [2.05, 4.69) is 33.0 Å². The van der Waals surface area contributed by atoms with Crippen molar-refractivity contribution in [1.29, 1.82) is 0 Å². The van der Waals surface area contributed by atoms with E-state index < -0.39 is 0 Å². The molecule has 0 spiro atoms. The molecule has 0 rings (SSSR count). The summed E-state index contributed by atoms with van der Waals surface area (Å²) in [5.41, 5.74) is 0. The molecule has 2 atom stereocenters. The van der Waals surface area contributed by atoms with Gasteiger partial charge in [-0.3, -0.25) is 0 Å². The highest BCUT2D eigenvalue weighted by molar-refractivity contribution is 4.67. The molecule has 0 heterocycles. The molecule has 0 bridgehead atoms. The maximum Gasteiger partial charge on any atom is 0.00412 e. The third kappa shape index (κ3) is 10.5.